The molecular formula is C23H26FN5O2. The summed E-state index contributed by atoms with van der Waals surface area (Å²) in [4.78, 5) is 31.9. The van der Waals surface area contributed by atoms with Crippen molar-refractivity contribution < 1.29 is 14.0 Å². The van der Waals surface area contributed by atoms with Gasteiger partial charge in [0.05, 0.1) is 24.2 Å². The second-order valence-electron chi connectivity index (χ2n) is 9.80. The number of hydrogen-bond acceptors (Lipinski definition) is 5. The van der Waals surface area contributed by atoms with Crippen molar-refractivity contribution in [1.82, 2.24) is 14.7 Å². The summed E-state index contributed by atoms with van der Waals surface area (Å²) in [6.07, 6.45) is 4.11. The van der Waals surface area contributed by atoms with Crippen LogP contribution in [0.3, 0.4) is 0 Å². The average Bonchev–Trinajstić information content (AvgIpc) is 3.08. The third-order valence-electron chi connectivity index (χ3n) is 8.06. The molecular weight excluding hydrogens is 397 g/mol. The van der Waals surface area contributed by atoms with Crippen LogP contribution in [-0.4, -0.2) is 69.8 Å². The fourth-order valence-corrected chi connectivity index (χ4v) is 6.56. The Bertz CT molecular complexity index is 1010. The summed E-state index contributed by atoms with van der Waals surface area (Å²) in [5.41, 5.74) is 8.35. The predicted octanol–water partition coefficient (Wildman–Crippen LogP) is 0.938. The van der Waals surface area contributed by atoms with Gasteiger partial charge in [-0.15, -0.1) is 0 Å². The highest BCUT2D eigenvalue weighted by Gasteiger charge is 2.56. The van der Waals surface area contributed by atoms with E-state index in [-0.39, 0.29) is 47.8 Å². The van der Waals surface area contributed by atoms with Crippen LogP contribution < -0.4 is 5.73 Å². The molecule has 6 rings (SSSR count). The van der Waals surface area contributed by atoms with Gasteiger partial charge >= 0.3 is 0 Å². The summed E-state index contributed by atoms with van der Waals surface area (Å²) in [6.45, 7) is 1.05. The van der Waals surface area contributed by atoms with Crippen LogP contribution in [0.15, 0.2) is 18.2 Å². The summed E-state index contributed by atoms with van der Waals surface area (Å²) >= 11 is 0. The fourth-order valence-electron chi connectivity index (χ4n) is 6.56. The van der Waals surface area contributed by atoms with Crippen LogP contribution in [0, 0.1) is 23.1 Å². The molecule has 3 heterocycles. The third-order valence-corrected chi connectivity index (χ3v) is 8.06. The summed E-state index contributed by atoms with van der Waals surface area (Å²) in [5.74, 6) is 0.168. The van der Waals surface area contributed by atoms with E-state index in [2.05, 4.69) is 11.0 Å². The van der Waals surface area contributed by atoms with E-state index in [1.807, 2.05) is 11.0 Å². The normalized spacial score (nSPS) is 36.5. The van der Waals surface area contributed by atoms with E-state index in [1.165, 1.54) is 6.07 Å². The number of halogens is 1. The number of benzene rings is 1. The van der Waals surface area contributed by atoms with Crippen LogP contribution in [0.25, 0.3) is 0 Å². The minimum Gasteiger partial charge on any atom is -0.330 e. The lowest BCUT2D eigenvalue weighted by molar-refractivity contribution is -0.141. The van der Waals surface area contributed by atoms with Gasteiger partial charge in [-0.3, -0.25) is 14.5 Å². The highest BCUT2D eigenvalue weighted by atomic mass is 19.1. The van der Waals surface area contributed by atoms with Crippen LogP contribution in [0.5, 0.6) is 0 Å². The molecule has 162 valence electrons. The van der Waals surface area contributed by atoms with Gasteiger partial charge in [-0.1, -0.05) is 6.07 Å². The molecule has 8 heteroatoms. The van der Waals surface area contributed by atoms with Gasteiger partial charge in [0.2, 0.25) is 11.8 Å². The van der Waals surface area contributed by atoms with Crippen molar-refractivity contribution in [2.45, 2.75) is 68.4 Å². The van der Waals surface area contributed by atoms with Crippen LogP contribution >= 0.6 is 0 Å². The maximum atomic E-state index is 13.6. The van der Waals surface area contributed by atoms with Gasteiger partial charge in [0.25, 0.3) is 0 Å². The maximum Gasteiger partial charge on any atom is 0.242 e. The molecule has 7 nitrogen and oxygen atoms in total. The largest absolute Gasteiger partial charge is 0.330 e. The molecule has 1 unspecified atom stereocenters. The molecule has 0 aromatic heterocycles. The quantitative estimate of drug-likeness (QED) is 0.778. The molecule has 0 spiro atoms. The number of likely N-dealkylation sites (tertiary alicyclic amines) is 3. The van der Waals surface area contributed by atoms with Gasteiger partial charge in [0, 0.05) is 25.2 Å². The summed E-state index contributed by atoms with van der Waals surface area (Å²) in [6, 6.07) is 6.11. The molecule has 4 fully saturated rings. The first-order valence-corrected chi connectivity index (χ1v) is 11.3. The Labute approximate surface area is 180 Å². The molecule has 0 radical (unpaired) electrons. The number of rotatable bonds is 4. The van der Waals surface area contributed by atoms with Gasteiger partial charge in [-0.2, -0.15) is 5.26 Å². The number of aryl methyl sites for hydroxylation is 1. The lowest BCUT2D eigenvalue weighted by Gasteiger charge is -2.38. The third kappa shape index (κ3) is 2.83. The number of piperidine rings is 1. The Kier molecular flexibility index (Phi) is 4.18. The van der Waals surface area contributed by atoms with Crippen molar-refractivity contribution in [3.05, 3.63) is 35.1 Å². The van der Waals surface area contributed by atoms with Crippen molar-refractivity contribution in [2.75, 3.05) is 13.1 Å². The van der Waals surface area contributed by atoms with Crippen molar-refractivity contribution in [3.8, 4) is 6.07 Å². The van der Waals surface area contributed by atoms with Gasteiger partial charge in [0.1, 0.15) is 11.9 Å². The van der Waals surface area contributed by atoms with E-state index in [0.29, 0.717) is 19.0 Å². The number of piperazine rings is 1. The van der Waals surface area contributed by atoms with Gasteiger partial charge in [-0.05, 0) is 61.3 Å². The lowest BCUT2D eigenvalue weighted by Crippen LogP contribution is -2.57. The second kappa shape index (κ2) is 6.75. The molecule has 2 aliphatic carbocycles. The second-order valence-corrected chi connectivity index (χ2v) is 9.80. The molecule has 2 bridgehead atoms. The van der Waals surface area contributed by atoms with E-state index in [0.717, 1.165) is 43.2 Å². The number of nitriles is 1. The fraction of sp³-hybridized carbons (Fsp3) is 0.609. The lowest BCUT2D eigenvalue weighted by atomic mass is 10.1. The summed E-state index contributed by atoms with van der Waals surface area (Å²) in [7, 11) is 0. The molecule has 5 aliphatic rings. The molecule has 1 aromatic carbocycles. The number of nitrogens with two attached hydrogens (primary N) is 1. The number of nitrogens with zero attached hydrogens (tertiary/aromatic N) is 4. The minimum absolute atomic E-state index is 0.0170. The minimum atomic E-state index is -0.717. The van der Waals surface area contributed by atoms with E-state index < -0.39 is 6.04 Å². The van der Waals surface area contributed by atoms with E-state index in [4.69, 9.17) is 5.73 Å². The van der Waals surface area contributed by atoms with Crippen molar-refractivity contribution in [1.29, 1.82) is 5.26 Å². The van der Waals surface area contributed by atoms with E-state index in [1.54, 1.807) is 11.0 Å². The van der Waals surface area contributed by atoms with Gasteiger partial charge in [-0.25, -0.2) is 4.39 Å². The number of amides is 2. The zero-order chi connectivity index (χ0) is 21.4. The Balaban J connectivity index is 1.13. The Morgan fingerprint density at radius 3 is 2.90 bits per heavy atom. The van der Waals surface area contributed by atoms with Gasteiger partial charge in [0.15, 0.2) is 0 Å². The SMILES string of the molecule is N#C[C@@H]1C[C@@H]2C[C@@H]2N1C(=O)[C@@H](N)CN1CC2C[C@H]1C(=O)N2[C@H]1CCc2cc(F)ccc21. The van der Waals surface area contributed by atoms with Crippen molar-refractivity contribution in [3.63, 3.8) is 0 Å². The number of carbonyl (C=O) groups is 2. The average molecular weight is 423 g/mol. The highest BCUT2D eigenvalue weighted by Crippen LogP contribution is 2.48. The first-order valence-electron chi connectivity index (χ1n) is 11.3. The summed E-state index contributed by atoms with van der Waals surface area (Å²) in [5, 5.41) is 9.36. The predicted molar refractivity (Wildman–Crippen MR) is 109 cm³/mol. The molecule has 3 aliphatic heterocycles. The van der Waals surface area contributed by atoms with Gasteiger partial charge < -0.3 is 15.5 Å². The number of fused-ring (bicyclic) bond motifs is 4. The zero-order valence-corrected chi connectivity index (χ0v) is 17.3. The van der Waals surface area contributed by atoms with Crippen LogP contribution in [-0.2, 0) is 16.0 Å². The van der Waals surface area contributed by atoms with E-state index in [9.17, 15) is 19.2 Å². The monoisotopic (exact) mass is 423 g/mol. The molecule has 2 amide bonds. The Morgan fingerprint density at radius 1 is 1.29 bits per heavy atom. The maximum absolute atomic E-state index is 13.6. The first-order chi connectivity index (χ1) is 15.0. The topological polar surface area (TPSA) is 93.7 Å². The van der Waals surface area contributed by atoms with Crippen LogP contribution in [0.1, 0.15) is 42.9 Å². The first kappa shape index (κ1) is 19.2. The van der Waals surface area contributed by atoms with E-state index >= 15 is 0 Å². The Morgan fingerprint density at radius 2 is 2.13 bits per heavy atom. The number of carbonyl (C=O) groups excluding carboxylic acids is 2. The standard InChI is InChI=1S/C23H26FN5O2/c24-14-2-3-17-12(5-14)1-4-19(17)29-16-8-21(23(29)31)27(10-16)11-18(26)22(30)28-15(9-25)6-13-7-20(13)28/h2-3,5,13,15-16,18-21H,1,4,6-8,10-11,26H2/t13-,15+,16?,18+,19+,20+,21+/m1/s1. The van der Waals surface area contributed by atoms with Crippen LogP contribution in [0.2, 0.25) is 0 Å². The van der Waals surface area contributed by atoms with Crippen molar-refractivity contribution >= 4 is 11.8 Å². The van der Waals surface area contributed by atoms with Crippen molar-refractivity contribution in [2.24, 2.45) is 11.7 Å². The molecule has 7 atom stereocenters. The molecule has 2 N–H and O–H groups in total. The zero-order valence-electron chi connectivity index (χ0n) is 17.3. The molecule has 3 saturated heterocycles. The highest BCUT2D eigenvalue weighted by molar-refractivity contribution is 5.87. The molecule has 1 saturated carbocycles. The van der Waals surface area contributed by atoms with Crippen LogP contribution in [0.4, 0.5) is 4.39 Å². The Hall–Kier alpha value is -2.50. The summed E-state index contributed by atoms with van der Waals surface area (Å²) < 4.78 is 13.6. The number of hydrogen-bond donors (Lipinski definition) is 1. The molecule has 1 aromatic rings. The smallest absolute Gasteiger partial charge is 0.242 e. The molecule has 31 heavy (non-hydrogen) atoms.